The molecule has 1 fully saturated rings. The molecule has 2 heterocycles. The van der Waals surface area contributed by atoms with Crippen LogP contribution in [-0.4, -0.2) is 40.1 Å². The smallest absolute Gasteiger partial charge is 0.326 e. The van der Waals surface area contributed by atoms with E-state index in [9.17, 15) is 24.5 Å². The number of halogens is 1. The molecule has 1 aliphatic heterocycles. The highest BCUT2D eigenvalue weighted by molar-refractivity contribution is 8.18. The highest BCUT2D eigenvalue weighted by Crippen LogP contribution is 2.35. The first-order valence-electron chi connectivity index (χ1n) is 8.25. The number of nitrogens with zero attached hydrogens (tertiary/aromatic N) is 2. The molecular weight excluding hydrogens is 424 g/mol. The van der Waals surface area contributed by atoms with Gasteiger partial charge in [-0.05, 0) is 36.9 Å². The van der Waals surface area contributed by atoms with E-state index in [4.69, 9.17) is 20.8 Å². The number of non-ortho nitro benzene ring substituents is 1. The molecule has 0 unspecified atom stereocenters. The molecule has 0 radical (unpaired) electrons. The molecular formula is C18H13ClN2O7S. The summed E-state index contributed by atoms with van der Waals surface area (Å²) in [4.78, 5) is 47.1. The van der Waals surface area contributed by atoms with Gasteiger partial charge in [0.05, 0.1) is 21.5 Å². The van der Waals surface area contributed by atoms with E-state index >= 15 is 0 Å². The first-order valence-corrected chi connectivity index (χ1v) is 9.44. The van der Waals surface area contributed by atoms with Gasteiger partial charge in [-0.25, -0.2) is 0 Å². The van der Waals surface area contributed by atoms with Gasteiger partial charge in [-0.2, -0.15) is 0 Å². The van der Waals surface area contributed by atoms with Crippen LogP contribution in [0.3, 0.4) is 0 Å². The number of nitro groups is 1. The lowest BCUT2D eigenvalue weighted by atomic mass is 10.1. The molecule has 0 bridgehead atoms. The van der Waals surface area contributed by atoms with Gasteiger partial charge in [0.1, 0.15) is 18.1 Å². The Kier molecular flexibility index (Phi) is 6.04. The van der Waals surface area contributed by atoms with Crippen LogP contribution in [0.25, 0.3) is 17.4 Å². The number of carbonyl (C=O) groups excluding carboxylic acids is 3. The largest absolute Gasteiger partial charge is 0.465 e. The van der Waals surface area contributed by atoms with Crippen LogP contribution in [0.2, 0.25) is 5.02 Å². The van der Waals surface area contributed by atoms with Crippen molar-refractivity contribution < 1.29 is 28.5 Å². The molecule has 29 heavy (non-hydrogen) atoms. The average Bonchev–Trinajstić information content (AvgIpc) is 3.22. The number of esters is 1. The van der Waals surface area contributed by atoms with Crippen molar-refractivity contribution in [1.29, 1.82) is 0 Å². The van der Waals surface area contributed by atoms with E-state index in [1.807, 2.05) is 0 Å². The third kappa shape index (κ3) is 4.49. The summed E-state index contributed by atoms with van der Waals surface area (Å²) < 4.78 is 10.4. The maximum absolute atomic E-state index is 12.4. The van der Waals surface area contributed by atoms with E-state index in [0.29, 0.717) is 23.1 Å². The number of ether oxygens (including phenoxy) is 1. The Morgan fingerprint density at radius 3 is 2.76 bits per heavy atom. The topological polar surface area (TPSA) is 120 Å². The third-order valence-electron chi connectivity index (χ3n) is 3.80. The molecule has 2 aromatic rings. The number of hydrogen-bond donors (Lipinski definition) is 0. The molecule has 0 atom stereocenters. The zero-order chi connectivity index (χ0) is 21.1. The monoisotopic (exact) mass is 436 g/mol. The summed E-state index contributed by atoms with van der Waals surface area (Å²) in [6.07, 6.45) is 1.37. The Balaban J connectivity index is 1.80. The van der Waals surface area contributed by atoms with Gasteiger partial charge in [-0.15, -0.1) is 0 Å². The minimum Gasteiger partial charge on any atom is -0.465 e. The summed E-state index contributed by atoms with van der Waals surface area (Å²) in [6, 6.07) is 7.11. The Bertz CT molecular complexity index is 1050. The lowest BCUT2D eigenvalue weighted by Crippen LogP contribution is -2.34. The van der Waals surface area contributed by atoms with Crippen LogP contribution < -0.4 is 0 Å². The summed E-state index contributed by atoms with van der Waals surface area (Å²) in [6.45, 7) is 1.31. The van der Waals surface area contributed by atoms with Crippen LogP contribution in [0.15, 0.2) is 39.7 Å². The number of rotatable bonds is 6. The van der Waals surface area contributed by atoms with E-state index in [2.05, 4.69) is 0 Å². The molecule has 150 valence electrons. The van der Waals surface area contributed by atoms with Gasteiger partial charge < -0.3 is 9.15 Å². The number of imide groups is 1. The fraction of sp³-hybridized carbons (Fsp3) is 0.167. The molecule has 1 saturated heterocycles. The van der Waals surface area contributed by atoms with Gasteiger partial charge >= 0.3 is 5.97 Å². The molecule has 0 aliphatic carbocycles. The fourth-order valence-corrected chi connectivity index (χ4v) is 3.58. The minimum absolute atomic E-state index is 0.0926. The number of amides is 2. The van der Waals surface area contributed by atoms with Gasteiger partial charge in [0.15, 0.2) is 0 Å². The zero-order valence-corrected chi connectivity index (χ0v) is 16.5. The number of nitro benzene ring substituents is 1. The zero-order valence-electron chi connectivity index (χ0n) is 14.9. The Labute approximate surface area is 173 Å². The number of benzene rings is 1. The maximum Gasteiger partial charge on any atom is 0.326 e. The van der Waals surface area contributed by atoms with Gasteiger partial charge in [0, 0.05) is 23.8 Å². The molecule has 11 heteroatoms. The second kappa shape index (κ2) is 8.50. The van der Waals surface area contributed by atoms with Crippen LogP contribution in [0.5, 0.6) is 0 Å². The summed E-state index contributed by atoms with van der Waals surface area (Å²) >= 11 is 6.77. The van der Waals surface area contributed by atoms with Crippen LogP contribution >= 0.6 is 23.4 Å². The van der Waals surface area contributed by atoms with Crippen molar-refractivity contribution in [1.82, 2.24) is 4.90 Å². The molecule has 1 aromatic carbocycles. The first kappa shape index (κ1) is 20.6. The van der Waals surface area contributed by atoms with E-state index in [-0.39, 0.29) is 28.0 Å². The van der Waals surface area contributed by atoms with E-state index < -0.39 is 28.6 Å². The normalized spacial score (nSPS) is 15.2. The van der Waals surface area contributed by atoms with E-state index in [0.717, 1.165) is 4.90 Å². The molecule has 2 amide bonds. The lowest BCUT2D eigenvalue weighted by molar-refractivity contribution is -0.384. The third-order valence-corrected chi connectivity index (χ3v) is 5.02. The van der Waals surface area contributed by atoms with Crippen molar-refractivity contribution in [3.05, 3.63) is 56.1 Å². The predicted octanol–water partition coefficient (Wildman–Crippen LogP) is 4.11. The van der Waals surface area contributed by atoms with Crippen LogP contribution in [0.1, 0.15) is 12.7 Å². The number of hydrogen-bond acceptors (Lipinski definition) is 8. The summed E-state index contributed by atoms with van der Waals surface area (Å²) in [5.41, 5.74) is 0.285. The summed E-state index contributed by atoms with van der Waals surface area (Å²) in [5, 5.41) is 10.4. The van der Waals surface area contributed by atoms with Gasteiger partial charge in [0.25, 0.3) is 16.8 Å². The number of furan rings is 1. The Morgan fingerprint density at radius 2 is 2.10 bits per heavy atom. The SMILES string of the molecule is CCOC(=O)CN1C(=O)S/C(=C/c2ccc(-c3ccc([N+](=O)[O-])cc3Cl)o2)C1=O. The van der Waals surface area contributed by atoms with Crippen molar-refractivity contribution in [2.75, 3.05) is 13.2 Å². The minimum atomic E-state index is -0.677. The van der Waals surface area contributed by atoms with Gasteiger partial charge in [-0.3, -0.25) is 29.4 Å². The summed E-state index contributed by atoms with van der Waals surface area (Å²) in [7, 11) is 0. The van der Waals surface area contributed by atoms with Crippen molar-refractivity contribution >= 4 is 52.2 Å². The Morgan fingerprint density at radius 1 is 1.34 bits per heavy atom. The summed E-state index contributed by atoms with van der Waals surface area (Å²) in [5.74, 6) is -0.693. The molecule has 9 nitrogen and oxygen atoms in total. The second-order valence-electron chi connectivity index (χ2n) is 5.70. The Hall–Kier alpha value is -3.11. The van der Waals surface area contributed by atoms with Crippen molar-refractivity contribution in [3.8, 4) is 11.3 Å². The van der Waals surface area contributed by atoms with Crippen LogP contribution in [0, 0.1) is 10.1 Å². The van der Waals surface area contributed by atoms with Gasteiger partial charge in [-0.1, -0.05) is 11.6 Å². The predicted molar refractivity (Wildman–Crippen MR) is 105 cm³/mol. The van der Waals surface area contributed by atoms with Crippen LogP contribution in [-0.2, 0) is 14.3 Å². The quantitative estimate of drug-likeness (QED) is 0.287. The van der Waals surface area contributed by atoms with Gasteiger partial charge in [0.2, 0.25) is 0 Å². The molecule has 0 spiro atoms. The maximum atomic E-state index is 12.4. The molecule has 1 aliphatic rings. The van der Waals surface area contributed by atoms with Crippen molar-refractivity contribution in [2.24, 2.45) is 0 Å². The van der Waals surface area contributed by atoms with Crippen molar-refractivity contribution in [3.63, 3.8) is 0 Å². The number of carbonyl (C=O) groups is 3. The molecule has 3 rings (SSSR count). The number of thioether (sulfide) groups is 1. The highest BCUT2D eigenvalue weighted by Gasteiger charge is 2.36. The molecule has 0 saturated carbocycles. The molecule has 0 N–H and O–H groups in total. The second-order valence-corrected chi connectivity index (χ2v) is 7.10. The van der Waals surface area contributed by atoms with Crippen molar-refractivity contribution in [2.45, 2.75) is 6.92 Å². The average molecular weight is 437 g/mol. The van der Waals surface area contributed by atoms with E-state index in [1.165, 1.54) is 24.3 Å². The standard InChI is InChI=1S/C18H13ClN2O7S/c1-2-27-16(22)9-20-17(23)15(29-18(20)24)8-11-4-6-14(28-11)12-5-3-10(21(25)26)7-13(12)19/h3-8H,2,9H2,1H3/b15-8+. The fourth-order valence-electron chi connectivity index (χ4n) is 2.49. The first-order chi connectivity index (χ1) is 13.8. The van der Waals surface area contributed by atoms with E-state index in [1.54, 1.807) is 19.1 Å². The van der Waals surface area contributed by atoms with Crippen LogP contribution in [0.4, 0.5) is 10.5 Å². The highest BCUT2D eigenvalue weighted by atomic mass is 35.5. The molecule has 1 aromatic heterocycles. The lowest BCUT2D eigenvalue weighted by Gasteiger charge is -2.10.